The number of hydrogen-bond acceptors (Lipinski definition) is 4. The highest BCUT2D eigenvalue weighted by molar-refractivity contribution is 7.13. The van der Waals surface area contributed by atoms with Gasteiger partial charge in [0.25, 0.3) is 0 Å². The van der Waals surface area contributed by atoms with Gasteiger partial charge in [-0.25, -0.2) is 9.37 Å². The van der Waals surface area contributed by atoms with Gasteiger partial charge in [-0.1, -0.05) is 0 Å². The van der Waals surface area contributed by atoms with Crippen molar-refractivity contribution in [3.05, 3.63) is 47.2 Å². The molecule has 0 amide bonds. The molecule has 5 heteroatoms. The van der Waals surface area contributed by atoms with Crippen LogP contribution in [0.15, 0.2) is 35.8 Å². The fraction of sp³-hybridized carbons (Fsp3) is 0.0909. The molecule has 0 fully saturated rings. The van der Waals surface area contributed by atoms with Crippen LogP contribution in [0.3, 0.4) is 0 Å². The molecule has 0 aliphatic heterocycles. The van der Waals surface area contributed by atoms with Gasteiger partial charge in [0.1, 0.15) is 5.82 Å². The molecule has 0 unspecified atom stereocenters. The molecule has 0 aliphatic rings. The maximum Gasteiger partial charge on any atom is 0.182 e. The van der Waals surface area contributed by atoms with E-state index in [2.05, 4.69) is 10.3 Å². The highest BCUT2D eigenvalue weighted by atomic mass is 32.1. The Morgan fingerprint density at radius 2 is 2.12 bits per heavy atom. The molecule has 1 aromatic carbocycles. The Hall–Kier alpha value is -1.75. The van der Waals surface area contributed by atoms with E-state index in [1.165, 1.54) is 35.6 Å². The number of carbonyl (C=O) groups excluding carboxylic acids is 1. The van der Waals surface area contributed by atoms with E-state index in [-0.39, 0.29) is 18.1 Å². The van der Waals surface area contributed by atoms with Crippen molar-refractivity contribution in [3.8, 4) is 0 Å². The largest absolute Gasteiger partial charge is 0.354 e. The Bertz CT molecular complexity index is 467. The third-order valence-electron chi connectivity index (χ3n) is 2.00. The van der Waals surface area contributed by atoms with Gasteiger partial charge in [-0.05, 0) is 24.3 Å². The van der Waals surface area contributed by atoms with Crippen LogP contribution in [0.5, 0.6) is 0 Å². The van der Waals surface area contributed by atoms with Crippen LogP contribution in [0.4, 0.5) is 9.52 Å². The van der Waals surface area contributed by atoms with E-state index in [0.717, 1.165) is 0 Å². The van der Waals surface area contributed by atoms with E-state index in [1.807, 2.05) is 5.38 Å². The summed E-state index contributed by atoms with van der Waals surface area (Å²) in [6.07, 6.45) is 1.66. The molecule has 3 nitrogen and oxygen atoms in total. The van der Waals surface area contributed by atoms with Crippen LogP contribution in [0.2, 0.25) is 0 Å². The third-order valence-corrected chi connectivity index (χ3v) is 2.73. The minimum Gasteiger partial charge on any atom is -0.354 e. The Labute approximate surface area is 96.0 Å². The summed E-state index contributed by atoms with van der Waals surface area (Å²) >= 11 is 1.43. The number of Topliss-reactive ketones (excluding diaryl/α,β-unsaturated/α-hetero) is 1. The number of rotatable bonds is 4. The molecule has 0 saturated heterocycles. The maximum atomic E-state index is 12.6. The van der Waals surface area contributed by atoms with Crippen LogP contribution in [0, 0.1) is 5.82 Å². The number of anilines is 1. The van der Waals surface area contributed by atoms with E-state index in [0.29, 0.717) is 10.7 Å². The minimum atomic E-state index is -0.343. The van der Waals surface area contributed by atoms with Crippen molar-refractivity contribution >= 4 is 22.3 Å². The second-order valence-electron chi connectivity index (χ2n) is 3.12. The van der Waals surface area contributed by atoms with Crippen molar-refractivity contribution in [2.45, 2.75) is 0 Å². The highest BCUT2D eigenvalue weighted by Gasteiger charge is 2.05. The molecule has 0 spiro atoms. The number of thiazole rings is 1. The minimum absolute atomic E-state index is 0.0878. The average molecular weight is 236 g/mol. The van der Waals surface area contributed by atoms with E-state index in [4.69, 9.17) is 0 Å². The van der Waals surface area contributed by atoms with Gasteiger partial charge < -0.3 is 5.32 Å². The third kappa shape index (κ3) is 2.64. The Morgan fingerprint density at radius 3 is 2.75 bits per heavy atom. The lowest BCUT2D eigenvalue weighted by Gasteiger charge is -2.01. The summed E-state index contributed by atoms with van der Waals surface area (Å²) in [6, 6.07) is 5.50. The fourth-order valence-corrected chi connectivity index (χ4v) is 1.73. The van der Waals surface area contributed by atoms with Crippen LogP contribution in [-0.4, -0.2) is 17.3 Å². The molecule has 0 aliphatic carbocycles. The fourth-order valence-electron chi connectivity index (χ4n) is 1.20. The van der Waals surface area contributed by atoms with Crippen molar-refractivity contribution < 1.29 is 9.18 Å². The summed E-state index contributed by atoms with van der Waals surface area (Å²) < 4.78 is 12.6. The summed E-state index contributed by atoms with van der Waals surface area (Å²) in [7, 11) is 0. The molecule has 1 N–H and O–H groups in total. The molecule has 1 heterocycles. The van der Waals surface area contributed by atoms with Crippen LogP contribution in [0.25, 0.3) is 0 Å². The number of aromatic nitrogens is 1. The normalized spacial score (nSPS) is 10.1. The Morgan fingerprint density at radius 1 is 1.38 bits per heavy atom. The second-order valence-corrected chi connectivity index (χ2v) is 4.02. The van der Waals surface area contributed by atoms with Crippen LogP contribution in [-0.2, 0) is 0 Å². The zero-order valence-corrected chi connectivity index (χ0v) is 9.13. The van der Waals surface area contributed by atoms with E-state index >= 15 is 0 Å². The zero-order chi connectivity index (χ0) is 11.4. The number of nitrogens with one attached hydrogen (secondary N) is 1. The molecule has 0 atom stereocenters. The van der Waals surface area contributed by atoms with Crippen molar-refractivity contribution in [2.75, 3.05) is 11.9 Å². The summed E-state index contributed by atoms with van der Waals surface area (Å²) in [5.74, 6) is -0.431. The van der Waals surface area contributed by atoms with Crippen LogP contribution < -0.4 is 5.32 Å². The molecule has 82 valence electrons. The van der Waals surface area contributed by atoms with Gasteiger partial charge in [0.05, 0.1) is 6.54 Å². The molecular weight excluding hydrogens is 227 g/mol. The number of hydrogen-bond donors (Lipinski definition) is 1. The molecule has 0 bridgehead atoms. The van der Waals surface area contributed by atoms with E-state index < -0.39 is 0 Å². The average Bonchev–Trinajstić information content (AvgIpc) is 2.80. The molecule has 0 saturated carbocycles. The molecule has 16 heavy (non-hydrogen) atoms. The van der Waals surface area contributed by atoms with Crippen molar-refractivity contribution in [2.24, 2.45) is 0 Å². The highest BCUT2D eigenvalue weighted by Crippen LogP contribution is 2.10. The van der Waals surface area contributed by atoms with Crippen molar-refractivity contribution in [3.63, 3.8) is 0 Å². The van der Waals surface area contributed by atoms with Crippen molar-refractivity contribution in [1.29, 1.82) is 0 Å². The number of carbonyl (C=O) groups is 1. The predicted molar refractivity (Wildman–Crippen MR) is 61.3 cm³/mol. The predicted octanol–water partition coefficient (Wildman–Crippen LogP) is 2.58. The Balaban J connectivity index is 1.95. The molecule has 2 rings (SSSR count). The van der Waals surface area contributed by atoms with Gasteiger partial charge in [-0.2, -0.15) is 0 Å². The number of ketones is 1. The van der Waals surface area contributed by atoms with Crippen LogP contribution in [0.1, 0.15) is 10.4 Å². The van der Waals surface area contributed by atoms with Gasteiger partial charge in [-0.15, -0.1) is 11.3 Å². The van der Waals surface area contributed by atoms with Gasteiger partial charge in [-0.3, -0.25) is 4.79 Å². The topological polar surface area (TPSA) is 42.0 Å². The summed E-state index contributed by atoms with van der Waals surface area (Å²) in [5.41, 5.74) is 0.491. The van der Waals surface area contributed by atoms with Gasteiger partial charge >= 0.3 is 0 Å². The lowest BCUT2D eigenvalue weighted by molar-refractivity contribution is 0.101. The van der Waals surface area contributed by atoms with E-state index in [1.54, 1.807) is 6.20 Å². The zero-order valence-electron chi connectivity index (χ0n) is 8.31. The summed E-state index contributed by atoms with van der Waals surface area (Å²) in [4.78, 5) is 15.6. The number of nitrogens with zero attached hydrogens (tertiary/aromatic N) is 1. The number of benzene rings is 1. The first kappa shape index (κ1) is 10.8. The molecular formula is C11H9FN2OS. The smallest absolute Gasteiger partial charge is 0.182 e. The first-order valence-corrected chi connectivity index (χ1v) is 5.56. The lowest BCUT2D eigenvalue weighted by atomic mass is 10.1. The Kier molecular flexibility index (Phi) is 3.26. The molecule has 2 aromatic rings. The number of halogens is 1. The lowest BCUT2D eigenvalue weighted by Crippen LogP contribution is -2.13. The first-order chi connectivity index (χ1) is 7.75. The SMILES string of the molecule is O=C(CNc1nccs1)c1ccc(F)cc1. The molecule has 1 aromatic heterocycles. The van der Waals surface area contributed by atoms with E-state index in [9.17, 15) is 9.18 Å². The summed E-state index contributed by atoms with van der Waals surface area (Å²) in [5, 5.41) is 5.43. The van der Waals surface area contributed by atoms with Gasteiger partial charge in [0, 0.05) is 17.1 Å². The quantitative estimate of drug-likeness (QED) is 0.829. The summed E-state index contributed by atoms with van der Waals surface area (Å²) in [6.45, 7) is 0.166. The first-order valence-electron chi connectivity index (χ1n) is 4.68. The maximum absolute atomic E-state index is 12.6. The molecule has 0 radical (unpaired) electrons. The second kappa shape index (κ2) is 4.85. The van der Waals surface area contributed by atoms with Crippen LogP contribution >= 0.6 is 11.3 Å². The standard InChI is InChI=1S/C11H9FN2OS/c12-9-3-1-8(2-4-9)10(15)7-14-11-13-5-6-16-11/h1-6H,7H2,(H,13,14). The van der Waals surface area contributed by atoms with Gasteiger partial charge in [0.15, 0.2) is 10.9 Å². The van der Waals surface area contributed by atoms with Gasteiger partial charge in [0.2, 0.25) is 0 Å². The van der Waals surface area contributed by atoms with Crippen molar-refractivity contribution in [1.82, 2.24) is 4.98 Å². The monoisotopic (exact) mass is 236 g/mol.